The molecule has 0 saturated carbocycles. The SMILES string of the molecule is CCOc1oc(-c2ccc(Cl)c(Cl)c2)nc1C(=O)O. The molecule has 1 aromatic heterocycles. The maximum Gasteiger partial charge on any atom is 0.362 e. The number of aromatic nitrogens is 1. The number of hydrogen-bond acceptors (Lipinski definition) is 4. The van der Waals surface area contributed by atoms with E-state index >= 15 is 0 Å². The molecule has 2 rings (SSSR count). The molecule has 0 aliphatic rings. The van der Waals surface area contributed by atoms with Crippen LogP contribution in [0.1, 0.15) is 17.4 Å². The topological polar surface area (TPSA) is 72.6 Å². The maximum absolute atomic E-state index is 11.0. The molecule has 1 N–H and O–H groups in total. The standard InChI is InChI=1S/C12H9Cl2NO4/c1-2-18-12-9(11(16)17)15-10(19-12)6-3-4-7(13)8(14)5-6/h3-5H,2H2,1H3,(H,16,17). The fourth-order valence-electron chi connectivity index (χ4n) is 1.42. The summed E-state index contributed by atoms with van der Waals surface area (Å²) in [6.07, 6.45) is 0. The molecule has 100 valence electrons. The Morgan fingerprint density at radius 3 is 2.74 bits per heavy atom. The van der Waals surface area contributed by atoms with Gasteiger partial charge in [-0.1, -0.05) is 23.2 Å². The summed E-state index contributed by atoms with van der Waals surface area (Å²) in [4.78, 5) is 14.9. The first kappa shape index (κ1) is 13.7. The van der Waals surface area contributed by atoms with Crippen molar-refractivity contribution in [2.24, 2.45) is 0 Å². The molecule has 0 aliphatic carbocycles. The maximum atomic E-state index is 11.0. The molecule has 2 aromatic rings. The highest BCUT2D eigenvalue weighted by atomic mass is 35.5. The summed E-state index contributed by atoms with van der Waals surface area (Å²) in [5.74, 6) is -1.24. The van der Waals surface area contributed by atoms with E-state index in [9.17, 15) is 4.79 Å². The van der Waals surface area contributed by atoms with Gasteiger partial charge in [-0.15, -0.1) is 0 Å². The summed E-state index contributed by atoms with van der Waals surface area (Å²) >= 11 is 11.7. The summed E-state index contributed by atoms with van der Waals surface area (Å²) in [5.41, 5.74) is 0.241. The Morgan fingerprint density at radius 1 is 1.42 bits per heavy atom. The monoisotopic (exact) mass is 301 g/mol. The molecule has 0 unspecified atom stereocenters. The van der Waals surface area contributed by atoms with Crippen molar-refractivity contribution in [3.63, 3.8) is 0 Å². The van der Waals surface area contributed by atoms with Gasteiger partial charge in [0, 0.05) is 5.56 Å². The van der Waals surface area contributed by atoms with Gasteiger partial charge in [0.2, 0.25) is 11.6 Å². The van der Waals surface area contributed by atoms with E-state index in [1.165, 1.54) is 6.07 Å². The number of aromatic carboxylic acids is 1. The molecule has 0 spiro atoms. The second-order valence-electron chi connectivity index (χ2n) is 3.52. The lowest BCUT2D eigenvalue weighted by molar-refractivity contribution is 0.0683. The fourth-order valence-corrected chi connectivity index (χ4v) is 1.72. The van der Waals surface area contributed by atoms with Crippen LogP contribution in [0, 0.1) is 0 Å². The largest absolute Gasteiger partial charge is 0.476 e. The van der Waals surface area contributed by atoms with Gasteiger partial charge >= 0.3 is 11.9 Å². The van der Waals surface area contributed by atoms with E-state index in [0.717, 1.165) is 0 Å². The number of carboxylic acid groups (broad SMARTS) is 1. The molecule has 0 fully saturated rings. The highest BCUT2D eigenvalue weighted by Crippen LogP contribution is 2.31. The third kappa shape index (κ3) is 2.83. The Bertz CT molecular complexity index is 624. The van der Waals surface area contributed by atoms with E-state index in [1.807, 2.05) is 0 Å². The number of oxazole rings is 1. The number of rotatable bonds is 4. The van der Waals surface area contributed by atoms with Gasteiger partial charge in [0.05, 0.1) is 16.7 Å². The van der Waals surface area contributed by atoms with Gasteiger partial charge in [-0.2, -0.15) is 4.98 Å². The van der Waals surface area contributed by atoms with Crippen LogP contribution in [0.5, 0.6) is 5.95 Å². The molecule has 0 radical (unpaired) electrons. The number of carboxylic acids is 1. The van der Waals surface area contributed by atoms with Gasteiger partial charge in [0.25, 0.3) is 0 Å². The fraction of sp³-hybridized carbons (Fsp3) is 0.167. The first-order valence-electron chi connectivity index (χ1n) is 5.35. The molecule has 0 saturated heterocycles. The van der Waals surface area contributed by atoms with E-state index in [-0.39, 0.29) is 24.1 Å². The van der Waals surface area contributed by atoms with Crippen molar-refractivity contribution in [3.05, 3.63) is 33.9 Å². The van der Waals surface area contributed by atoms with E-state index in [4.69, 9.17) is 37.5 Å². The van der Waals surface area contributed by atoms with Crippen LogP contribution in [0.15, 0.2) is 22.6 Å². The Morgan fingerprint density at radius 2 is 2.16 bits per heavy atom. The second kappa shape index (κ2) is 5.50. The van der Waals surface area contributed by atoms with Crippen molar-refractivity contribution in [2.45, 2.75) is 6.92 Å². The minimum absolute atomic E-state index is 0.111. The lowest BCUT2D eigenvalue weighted by Gasteiger charge is -1.99. The Kier molecular flexibility index (Phi) is 3.97. The van der Waals surface area contributed by atoms with Crippen LogP contribution in [0.3, 0.4) is 0 Å². The van der Waals surface area contributed by atoms with Gasteiger partial charge in [0.1, 0.15) is 0 Å². The first-order chi connectivity index (χ1) is 9.02. The Labute approximate surface area is 118 Å². The zero-order valence-electron chi connectivity index (χ0n) is 9.81. The number of carbonyl (C=O) groups is 1. The van der Waals surface area contributed by atoms with Crippen LogP contribution in [-0.2, 0) is 0 Å². The average molecular weight is 302 g/mol. The number of ether oxygens (including phenoxy) is 1. The quantitative estimate of drug-likeness (QED) is 0.931. The summed E-state index contributed by atoms with van der Waals surface area (Å²) in [7, 11) is 0. The van der Waals surface area contributed by atoms with Crippen LogP contribution in [0.2, 0.25) is 10.0 Å². The lowest BCUT2D eigenvalue weighted by atomic mass is 10.2. The molecule has 19 heavy (non-hydrogen) atoms. The zero-order valence-corrected chi connectivity index (χ0v) is 11.3. The lowest BCUT2D eigenvalue weighted by Crippen LogP contribution is -2.01. The van der Waals surface area contributed by atoms with Crippen molar-refractivity contribution in [2.75, 3.05) is 6.61 Å². The molecule has 1 aromatic carbocycles. The number of hydrogen-bond donors (Lipinski definition) is 1. The van der Waals surface area contributed by atoms with Gasteiger partial charge in [0.15, 0.2) is 0 Å². The Hall–Kier alpha value is -1.72. The van der Waals surface area contributed by atoms with Crippen LogP contribution in [0.25, 0.3) is 11.5 Å². The van der Waals surface area contributed by atoms with Crippen molar-refractivity contribution < 1.29 is 19.1 Å². The van der Waals surface area contributed by atoms with Gasteiger partial charge < -0.3 is 14.3 Å². The predicted molar refractivity (Wildman–Crippen MR) is 70.1 cm³/mol. The van der Waals surface area contributed by atoms with Gasteiger partial charge in [-0.05, 0) is 25.1 Å². The molecule has 7 heteroatoms. The molecule has 0 bridgehead atoms. The molecule has 0 atom stereocenters. The van der Waals surface area contributed by atoms with Crippen molar-refractivity contribution in [3.8, 4) is 17.4 Å². The number of benzene rings is 1. The van der Waals surface area contributed by atoms with Crippen molar-refractivity contribution in [1.82, 2.24) is 4.98 Å². The predicted octanol–water partition coefficient (Wildman–Crippen LogP) is 3.75. The average Bonchev–Trinajstić information content (AvgIpc) is 2.77. The van der Waals surface area contributed by atoms with Crippen LogP contribution < -0.4 is 4.74 Å². The molecular formula is C12H9Cl2NO4. The smallest absolute Gasteiger partial charge is 0.362 e. The minimum Gasteiger partial charge on any atom is -0.476 e. The van der Waals surface area contributed by atoms with Crippen LogP contribution in [-0.4, -0.2) is 22.7 Å². The normalized spacial score (nSPS) is 10.5. The third-order valence-corrected chi connectivity index (χ3v) is 2.98. The molecular weight excluding hydrogens is 293 g/mol. The zero-order chi connectivity index (χ0) is 14.0. The first-order valence-corrected chi connectivity index (χ1v) is 6.11. The summed E-state index contributed by atoms with van der Waals surface area (Å²) in [6.45, 7) is 1.99. The van der Waals surface area contributed by atoms with Crippen LogP contribution in [0.4, 0.5) is 0 Å². The molecule has 0 aliphatic heterocycles. The Balaban J connectivity index is 2.47. The summed E-state index contributed by atoms with van der Waals surface area (Å²) < 4.78 is 10.4. The van der Waals surface area contributed by atoms with Gasteiger partial charge in [-0.3, -0.25) is 0 Å². The van der Waals surface area contributed by atoms with Crippen LogP contribution >= 0.6 is 23.2 Å². The molecule has 1 heterocycles. The molecule has 5 nitrogen and oxygen atoms in total. The third-order valence-electron chi connectivity index (χ3n) is 2.24. The second-order valence-corrected chi connectivity index (χ2v) is 4.34. The highest BCUT2D eigenvalue weighted by molar-refractivity contribution is 6.42. The van der Waals surface area contributed by atoms with E-state index < -0.39 is 5.97 Å². The van der Waals surface area contributed by atoms with E-state index in [0.29, 0.717) is 15.6 Å². The number of nitrogens with zero attached hydrogens (tertiary/aromatic N) is 1. The van der Waals surface area contributed by atoms with Gasteiger partial charge in [-0.25, -0.2) is 4.79 Å². The summed E-state index contributed by atoms with van der Waals surface area (Å²) in [6, 6.07) is 4.74. The summed E-state index contributed by atoms with van der Waals surface area (Å²) in [5, 5.41) is 9.72. The van der Waals surface area contributed by atoms with Crippen molar-refractivity contribution >= 4 is 29.2 Å². The van der Waals surface area contributed by atoms with E-state index in [2.05, 4.69) is 4.98 Å². The van der Waals surface area contributed by atoms with Crippen molar-refractivity contribution in [1.29, 1.82) is 0 Å². The van der Waals surface area contributed by atoms with E-state index in [1.54, 1.807) is 19.1 Å². The number of halogens is 2. The minimum atomic E-state index is -1.22. The molecule has 0 amide bonds. The highest BCUT2D eigenvalue weighted by Gasteiger charge is 2.21.